The van der Waals surface area contributed by atoms with Gasteiger partial charge in [-0.25, -0.2) is 9.18 Å². The van der Waals surface area contributed by atoms with Gasteiger partial charge < -0.3 is 15.2 Å². The number of rotatable bonds is 5. The van der Waals surface area contributed by atoms with Crippen LogP contribution in [0.1, 0.15) is 27.6 Å². The molecule has 0 bridgehead atoms. The number of nitrogens with zero attached hydrogens (tertiary/aromatic N) is 1. The Kier molecular flexibility index (Phi) is 5.23. The molecule has 2 N–H and O–H groups in total. The van der Waals surface area contributed by atoms with E-state index in [-0.39, 0.29) is 40.3 Å². The molecule has 8 heteroatoms. The Balaban J connectivity index is 1.96. The number of carbonyl (C=O) groups is 2. The van der Waals surface area contributed by atoms with Gasteiger partial charge in [0.25, 0.3) is 5.91 Å². The Morgan fingerprint density at radius 2 is 1.89 bits per heavy atom. The number of benzene rings is 2. The first-order valence-electron chi connectivity index (χ1n) is 7.96. The van der Waals surface area contributed by atoms with Crippen LogP contribution in [0.15, 0.2) is 42.5 Å². The topological polar surface area (TPSA) is 88.5 Å². The van der Waals surface area contributed by atoms with E-state index in [2.05, 4.69) is 10.3 Å². The van der Waals surface area contributed by atoms with Gasteiger partial charge in [-0.15, -0.1) is 0 Å². The fraction of sp³-hybridized carbons (Fsp3) is 0.105. The van der Waals surface area contributed by atoms with Gasteiger partial charge in [0, 0.05) is 5.56 Å². The van der Waals surface area contributed by atoms with Gasteiger partial charge in [0.1, 0.15) is 16.4 Å². The Labute approximate surface area is 158 Å². The number of carboxylic acid groups (broad SMARTS) is 1. The Hall–Kier alpha value is -3.19. The summed E-state index contributed by atoms with van der Waals surface area (Å²) in [5, 5.41) is 13.1. The number of carbonyl (C=O) groups excluding carboxylic acids is 1. The lowest BCUT2D eigenvalue weighted by molar-refractivity contribution is 0.0697. The summed E-state index contributed by atoms with van der Waals surface area (Å²) in [5.74, 6) is -2.40. The zero-order valence-corrected chi connectivity index (χ0v) is 14.9. The van der Waals surface area contributed by atoms with Gasteiger partial charge in [0.2, 0.25) is 5.88 Å². The average Bonchev–Trinajstić information content (AvgIpc) is 2.63. The molecule has 0 saturated heterocycles. The van der Waals surface area contributed by atoms with Crippen LogP contribution < -0.4 is 10.1 Å². The Bertz CT molecular complexity index is 1060. The molecule has 1 aromatic heterocycles. The predicted octanol–water partition coefficient (Wildman–Crippen LogP) is 4.38. The summed E-state index contributed by atoms with van der Waals surface area (Å²) in [6, 6.07) is 10.1. The lowest BCUT2D eigenvalue weighted by Crippen LogP contribution is -2.17. The molecule has 0 aliphatic heterocycles. The summed E-state index contributed by atoms with van der Waals surface area (Å²) >= 11 is 5.96. The van der Waals surface area contributed by atoms with Crippen molar-refractivity contribution < 1.29 is 23.8 Å². The molecule has 0 saturated carbocycles. The van der Waals surface area contributed by atoms with Crippen molar-refractivity contribution in [2.45, 2.75) is 6.92 Å². The van der Waals surface area contributed by atoms with Crippen molar-refractivity contribution in [2.75, 3.05) is 11.9 Å². The van der Waals surface area contributed by atoms with Crippen LogP contribution in [0.4, 0.5) is 10.2 Å². The number of pyridine rings is 1. The van der Waals surface area contributed by atoms with Crippen LogP contribution in [-0.2, 0) is 0 Å². The van der Waals surface area contributed by atoms with Crippen molar-refractivity contribution in [3.63, 3.8) is 0 Å². The molecular formula is C19H14ClFN2O4. The fourth-order valence-corrected chi connectivity index (χ4v) is 2.71. The molecule has 138 valence electrons. The smallest absolute Gasteiger partial charge is 0.339 e. The standard InChI is InChI=1S/C19H14ClFN2O4/c1-2-27-18-15(20)9-14(19(25)26)16(23-18)22-17(24)12-4-3-11-8-13(21)6-5-10(11)7-12/h3-9H,2H2,1H3,(H,25,26)(H,22,23,24). The van der Waals surface area contributed by atoms with Gasteiger partial charge in [-0.1, -0.05) is 23.7 Å². The van der Waals surface area contributed by atoms with Gasteiger partial charge in [0.05, 0.1) is 6.61 Å². The normalized spacial score (nSPS) is 10.6. The van der Waals surface area contributed by atoms with Crippen LogP contribution in [0.3, 0.4) is 0 Å². The molecule has 0 aliphatic rings. The highest BCUT2D eigenvalue weighted by atomic mass is 35.5. The zero-order valence-electron chi connectivity index (χ0n) is 14.1. The quantitative estimate of drug-likeness (QED) is 0.677. The van der Waals surface area contributed by atoms with E-state index in [1.54, 1.807) is 25.1 Å². The van der Waals surface area contributed by atoms with Crippen LogP contribution in [0, 0.1) is 5.82 Å². The summed E-state index contributed by atoms with van der Waals surface area (Å²) in [4.78, 5) is 28.0. The van der Waals surface area contributed by atoms with Crippen LogP contribution in [0.5, 0.6) is 5.88 Å². The Morgan fingerprint density at radius 1 is 1.19 bits per heavy atom. The van der Waals surface area contributed by atoms with Crippen LogP contribution in [0.25, 0.3) is 10.8 Å². The minimum Gasteiger partial charge on any atom is -0.478 e. The van der Waals surface area contributed by atoms with Gasteiger partial charge in [-0.2, -0.15) is 4.98 Å². The van der Waals surface area contributed by atoms with E-state index in [4.69, 9.17) is 16.3 Å². The molecule has 0 aliphatic carbocycles. The maximum absolute atomic E-state index is 13.3. The van der Waals surface area contributed by atoms with Gasteiger partial charge in [0.15, 0.2) is 5.82 Å². The molecule has 0 atom stereocenters. The van der Waals surface area contributed by atoms with E-state index in [0.717, 1.165) is 0 Å². The average molecular weight is 389 g/mol. The van der Waals surface area contributed by atoms with Crippen LogP contribution in [-0.4, -0.2) is 28.6 Å². The number of carboxylic acids is 1. The second kappa shape index (κ2) is 7.59. The Morgan fingerprint density at radius 3 is 2.59 bits per heavy atom. The number of ether oxygens (including phenoxy) is 1. The van der Waals surface area contributed by atoms with Gasteiger partial charge in [-0.05, 0) is 48.0 Å². The van der Waals surface area contributed by atoms with E-state index in [9.17, 15) is 19.1 Å². The number of hydrogen-bond donors (Lipinski definition) is 2. The van der Waals surface area contributed by atoms with Gasteiger partial charge in [-0.3, -0.25) is 4.79 Å². The lowest BCUT2D eigenvalue weighted by atomic mass is 10.1. The van der Waals surface area contributed by atoms with E-state index < -0.39 is 11.9 Å². The largest absolute Gasteiger partial charge is 0.478 e. The third-order valence-electron chi connectivity index (χ3n) is 3.75. The number of anilines is 1. The molecule has 0 fully saturated rings. The highest BCUT2D eigenvalue weighted by Crippen LogP contribution is 2.28. The number of halogens is 2. The van der Waals surface area contributed by atoms with Crippen molar-refractivity contribution >= 4 is 40.1 Å². The minimum absolute atomic E-state index is 0.0217. The zero-order chi connectivity index (χ0) is 19.6. The van der Waals surface area contributed by atoms with Crippen LogP contribution >= 0.6 is 11.6 Å². The van der Waals surface area contributed by atoms with Crippen molar-refractivity contribution in [3.05, 3.63) is 64.4 Å². The maximum Gasteiger partial charge on any atom is 0.339 e. The summed E-state index contributed by atoms with van der Waals surface area (Å²) in [7, 11) is 0. The van der Waals surface area contributed by atoms with E-state index in [1.165, 1.54) is 24.3 Å². The molecule has 3 aromatic rings. The van der Waals surface area contributed by atoms with Crippen molar-refractivity contribution in [3.8, 4) is 5.88 Å². The molecule has 1 heterocycles. The fourth-order valence-electron chi connectivity index (χ4n) is 2.51. The highest BCUT2D eigenvalue weighted by Gasteiger charge is 2.19. The molecule has 2 aromatic carbocycles. The van der Waals surface area contributed by atoms with Crippen molar-refractivity contribution in [1.29, 1.82) is 0 Å². The van der Waals surface area contributed by atoms with E-state index in [0.29, 0.717) is 10.8 Å². The maximum atomic E-state index is 13.3. The van der Waals surface area contributed by atoms with E-state index in [1.807, 2.05) is 0 Å². The number of fused-ring (bicyclic) bond motifs is 1. The summed E-state index contributed by atoms with van der Waals surface area (Å²) < 4.78 is 18.5. The number of aromatic carboxylic acids is 1. The molecule has 6 nitrogen and oxygen atoms in total. The molecule has 3 rings (SSSR count). The SMILES string of the molecule is CCOc1nc(NC(=O)c2ccc3cc(F)ccc3c2)c(C(=O)O)cc1Cl. The number of nitrogens with one attached hydrogen (secondary N) is 1. The number of hydrogen-bond acceptors (Lipinski definition) is 4. The molecule has 0 unspecified atom stereocenters. The van der Waals surface area contributed by atoms with E-state index >= 15 is 0 Å². The monoisotopic (exact) mass is 388 g/mol. The second-order valence-corrected chi connectivity index (χ2v) is 5.98. The highest BCUT2D eigenvalue weighted by molar-refractivity contribution is 6.32. The molecule has 27 heavy (non-hydrogen) atoms. The summed E-state index contributed by atoms with van der Waals surface area (Å²) in [6.07, 6.45) is 0. The molecule has 0 radical (unpaired) electrons. The van der Waals surface area contributed by atoms with Crippen molar-refractivity contribution in [2.24, 2.45) is 0 Å². The third kappa shape index (κ3) is 3.98. The molecule has 0 spiro atoms. The number of aromatic nitrogens is 1. The first-order valence-corrected chi connectivity index (χ1v) is 8.34. The van der Waals surface area contributed by atoms with Crippen LogP contribution in [0.2, 0.25) is 5.02 Å². The first kappa shape index (κ1) is 18.6. The molecular weight excluding hydrogens is 375 g/mol. The molecule has 1 amide bonds. The first-order chi connectivity index (χ1) is 12.9. The second-order valence-electron chi connectivity index (χ2n) is 5.57. The minimum atomic E-state index is -1.29. The van der Waals surface area contributed by atoms with Gasteiger partial charge >= 0.3 is 5.97 Å². The third-order valence-corrected chi connectivity index (χ3v) is 4.02. The summed E-state index contributed by atoms with van der Waals surface area (Å²) in [6.45, 7) is 1.99. The van der Waals surface area contributed by atoms with Crippen molar-refractivity contribution in [1.82, 2.24) is 4.98 Å². The summed E-state index contributed by atoms with van der Waals surface area (Å²) in [5.41, 5.74) is -0.000167. The lowest BCUT2D eigenvalue weighted by Gasteiger charge is -2.12. The number of amides is 1. The predicted molar refractivity (Wildman–Crippen MR) is 99.2 cm³/mol.